The van der Waals surface area contributed by atoms with Gasteiger partial charge in [-0.1, -0.05) is 29.4 Å². The molecule has 4 heteroatoms. The smallest absolute Gasteiger partial charge is 0.134 e. The Morgan fingerprint density at radius 1 is 1.60 bits per heavy atom. The molecule has 0 saturated carbocycles. The maximum absolute atomic E-state index is 13.0. The van der Waals surface area contributed by atoms with Gasteiger partial charge in [0, 0.05) is 4.47 Å². The van der Waals surface area contributed by atoms with Gasteiger partial charge in [-0.2, -0.15) is 0 Å². The third-order valence-electron chi connectivity index (χ3n) is 1.48. The minimum atomic E-state index is -0.329. The predicted octanol–water partition coefficient (Wildman–Crippen LogP) is 3.17. The monoisotopic (exact) mass is 275 g/mol. The first-order chi connectivity index (χ1) is 7.06. The molecule has 2 N–H and O–H groups in total. The summed E-state index contributed by atoms with van der Waals surface area (Å²) in [5.41, 5.74) is 5.23. The Labute approximate surface area is 98.1 Å². The minimum Gasteiger partial charge on any atom is -0.497 e. The van der Waals surface area contributed by atoms with Gasteiger partial charge in [0.15, 0.2) is 0 Å². The largest absolute Gasteiger partial charge is 0.497 e. The predicted molar refractivity (Wildman–Crippen MR) is 64.9 cm³/mol. The number of hydrogen-bond acceptors (Lipinski definition) is 2. The van der Waals surface area contributed by atoms with Crippen molar-refractivity contribution in [2.75, 3.05) is 13.7 Å². The molecule has 1 aromatic rings. The molecule has 0 unspecified atom stereocenters. The second kappa shape index (κ2) is 7.43. The maximum atomic E-state index is 13.0. The van der Waals surface area contributed by atoms with E-state index >= 15 is 0 Å². The van der Waals surface area contributed by atoms with Crippen molar-refractivity contribution in [3.63, 3.8) is 0 Å². The van der Waals surface area contributed by atoms with Crippen LogP contribution in [0.1, 0.15) is 12.5 Å². The summed E-state index contributed by atoms with van der Waals surface area (Å²) in [6.45, 7) is 6.22. The summed E-state index contributed by atoms with van der Waals surface area (Å²) >= 11 is 3.23. The molecule has 0 aliphatic rings. The Balaban J connectivity index is 0.000000583. The van der Waals surface area contributed by atoms with E-state index in [0.29, 0.717) is 11.3 Å². The van der Waals surface area contributed by atoms with Crippen LogP contribution in [0.4, 0.5) is 4.39 Å². The summed E-state index contributed by atoms with van der Waals surface area (Å²) in [7, 11) is 1.46. The lowest BCUT2D eigenvalue weighted by atomic mass is 10.2. The van der Waals surface area contributed by atoms with E-state index < -0.39 is 0 Å². The zero-order chi connectivity index (χ0) is 11.8. The van der Waals surface area contributed by atoms with Gasteiger partial charge in [-0.05, 0) is 24.7 Å². The Morgan fingerprint density at radius 2 is 2.13 bits per heavy atom. The molecule has 0 heterocycles. The first-order valence-corrected chi connectivity index (χ1v) is 5.24. The maximum Gasteiger partial charge on any atom is 0.134 e. The van der Waals surface area contributed by atoms with Crippen LogP contribution in [0.15, 0.2) is 29.3 Å². The topological polar surface area (TPSA) is 35.2 Å². The molecule has 0 aromatic heterocycles. The van der Waals surface area contributed by atoms with Crippen molar-refractivity contribution >= 4 is 21.7 Å². The first-order valence-electron chi connectivity index (χ1n) is 4.45. The number of nitrogens with two attached hydrogens (primary N) is 1. The molecule has 1 rings (SSSR count). The lowest BCUT2D eigenvalue weighted by molar-refractivity contribution is 0.368. The van der Waals surface area contributed by atoms with Crippen molar-refractivity contribution in [2.24, 2.45) is 5.73 Å². The van der Waals surface area contributed by atoms with E-state index in [-0.39, 0.29) is 5.82 Å². The van der Waals surface area contributed by atoms with Crippen molar-refractivity contribution in [1.29, 1.82) is 0 Å². The number of benzene rings is 1. The zero-order valence-electron chi connectivity index (χ0n) is 8.89. The molecule has 0 aliphatic carbocycles. The van der Waals surface area contributed by atoms with Crippen LogP contribution in [0, 0.1) is 5.82 Å². The molecule has 0 bridgehead atoms. The summed E-state index contributed by atoms with van der Waals surface area (Å²) in [4.78, 5) is 0. The van der Waals surface area contributed by atoms with Crippen molar-refractivity contribution < 1.29 is 9.13 Å². The quantitative estimate of drug-likeness (QED) is 0.842. The molecule has 0 aliphatic heterocycles. The zero-order valence-corrected chi connectivity index (χ0v) is 10.5. The fraction of sp³-hybridized carbons (Fsp3) is 0.273. The minimum absolute atomic E-state index is 0.328. The van der Waals surface area contributed by atoms with E-state index in [2.05, 4.69) is 22.5 Å². The van der Waals surface area contributed by atoms with Crippen molar-refractivity contribution in [2.45, 2.75) is 6.92 Å². The SMILES string of the molecule is C=C(OC)c1cc(Br)ccc1F.CCN. The molecule has 1 aromatic carbocycles. The highest BCUT2D eigenvalue weighted by molar-refractivity contribution is 9.10. The van der Waals surface area contributed by atoms with Crippen LogP contribution >= 0.6 is 15.9 Å². The second-order valence-corrected chi connectivity index (χ2v) is 3.58. The highest BCUT2D eigenvalue weighted by atomic mass is 79.9. The van der Waals surface area contributed by atoms with Crippen LogP contribution in [-0.4, -0.2) is 13.7 Å². The van der Waals surface area contributed by atoms with E-state index in [0.717, 1.165) is 11.0 Å². The van der Waals surface area contributed by atoms with Gasteiger partial charge in [0.05, 0.1) is 12.7 Å². The number of halogens is 2. The third-order valence-corrected chi connectivity index (χ3v) is 1.97. The van der Waals surface area contributed by atoms with Gasteiger partial charge >= 0.3 is 0 Å². The average Bonchev–Trinajstić information content (AvgIpc) is 2.22. The summed E-state index contributed by atoms with van der Waals surface area (Å²) in [6.07, 6.45) is 0. The van der Waals surface area contributed by atoms with E-state index in [1.807, 2.05) is 6.92 Å². The lowest BCUT2D eigenvalue weighted by Gasteiger charge is -2.05. The average molecular weight is 276 g/mol. The molecule has 0 amide bonds. The summed E-state index contributed by atoms with van der Waals surface area (Å²) < 4.78 is 18.7. The van der Waals surface area contributed by atoms with Gasteiger partial charge in [-0.3, -0.25) is 0 Å². The second-order valence-electron chi connectivity index (χ2n) is 2.66. The summed E-state index contributed by atoms with van der Waals surface area (Å²) in [6, 6.07) is 4.62. The van der Waals surface area contributed by atoms with Crippen LogP contribution < -0.4 is 5.73 Å². The highest BCUT2D eigenvalue weighted by Gasteiger charge is 2.05. The van der Waals surface area contributed by atoms with Gasteiger partial charge in [-0.25, -0.2) is 4.39 Å². The fourth-order valence-corrected chi connectivity index (χ4v) is 1.18. The Hall–Kier alpha value is -0.870. The first kappa shape index (κ1) is 14.1. The van der Waals surface area contributed by atoms with Gasteiger partial charge in [0.2, 0.25) is 0 Å². The molecule has 84 valence electrons. The number of methoxy groups -OCH3 is 1. The molecule has 0 saturated heterocycles. The van der Waals surface area contributed by atoms with E-state index in [1.54, 1.807) is 12.1 Å². The molecule has 2 nitrogen and oxygen atoms in total. The van der Waals surface area contributed by atoms with Crippen LogP contribution in [0.2, 0.25) is 0 Å². The van der Waals surface area contributed by atoms with Gasteiger partial charge in [0.1, 0.15) is 11.6 Å². The van der Waals surface area contributed by atoms with Gasteiger partial charge < -0.3 is 10.5 Å². The number of ether oxygens (including phenoxy) is 1. The van der Waals surface area contributed by atoms with Crippen LogP contribution in [-0.2, 0) is 4.74 Å². The highest BCUT2D eigenvalue weighted by Crippen LogP contribution is 2.21. The van der Waals surface area contributed by atoms with Crippen LogP contribution in [0.5, 0.6) is 0 Å². The number of rotatable bonds is 2. The van der Waals surface area contributed by atoms with Crippen molar-refractivity contribution in [3.8, 4) is 0 Å². The molecular formula is C11H15BrFNO. The van der Waals surface area contributed by atoms with E-state index in [9.17, 15) is 4.39 Å². The molecular weight excluding hydrogens is 261 g/mol. The molecule has 0 atom stereocenters. The van der Waals surface area contributed by atoms with E-state index in [4.69, 9.17) is 10.5 Å². The normalized spacial score (nSPS) is 8.87. The van der Waals surface area contributed by atoms with Crippen LogP contribution in [0.3, 0.4) is 0 Å². The van der Waals surface area contributed by atoms with E-state index in [1.165, 1.54) is 13.2 Å². The van der Waals surface area contributed by atoms with Gasteiger partial charge in [-0.15, -0.1) is 0 Å². The lowest BCUT2D eigenvalue weighted by Crippen LogP contribution is -1.90. The van der Waals surface area contributed by atoms with Crippen LogP contribution in [0.25, 0.3) is 5.76 Å². The molecule has 15 heavy (non-hydrogen) atoms. The van der Waals surface area contributed by atoms with Crippen molar-refractivity contribution in [1.82, 2.24) is 0 Å². The third kappa shape index (κ3) is 4.95. The standard InChI is InChI=1S/C9H8BrFO.C2H7N/c1-6(12-2)8-5-7(10)3-4-9(8)11;1-2-3/h3-5H,1H2,2H3;2-3H2,1H3. The summed E-state index contributed by atoms with van der Waals surface area (Å²) in [5, 5.41) is 0. The molecule has 0 fully saturated rings. The Bertz CT molecular complexity index is 328. The Kier molecular flexibility index (Phi) is 6.99. The Morgan fingerprint density at radius 3 is 2.60 bits per heavy atom. The fourth-order valence-electron chi connectivity index (χ4n) is 0.821. The van der Waals surface area contributed by atoms with Gasteiger partial charge in [0.25, 0.3) is 0 Å². The number of hydrogen-bond donors (Lipinski definition) is 1. The van der Waals surface area contributed by atoms with Crippen molar-refractivity contribution in [3.05, 3.63) is 40.6 Å². The molecule has 0 spiro atoms. The summed E-state index contributed by atoms with van der Waals surface area (Å²) in [5.74, 6) is -0.00106. The molecule has 0 radical (unpaired) electrons.